The molecule has 0 atom stereocenters. The predicted octanol–water partition coefficient (Wildman–Crippen LogP) is 2.75. The standard InChI is InChI=1S/C17H15F2NO3/c1-11-4-2-3-5-14(11)17(22)23-10-16(21)20-9-12-6-7-13(18)8-15(12)19/h2-8H,9-10H2,1H3,(H,20,21). The van der Waals surface area contributed by atoms with E-state index in [1.165, 1.54) is 6.07 Å². The van der Waals surface area contributed by atoms with E-state index in [2.05, 4.69) is 5.32 Å². The Kier molecular flexibility index (Phi) is 5.41. The lowest BCUT2D eigenvalue weighted by atomic mass is 10.1. The Balaban J connectivity index is 1.83. The maximum absolute atomic E-state index is 13.4. The molecule has 1 amide bonds. The van der Waals surface area contributed by atoms with Crippen LogP contribution in [0.2, 0.25) is 0 Å². The summed E-state index contributed by atoms with van der Waals surface area (Å²) in [5.74, 6) is -2.62. The Bertz CT molecular complexity index is 732. The molecule has 0 unspecified atom stereocenters. The Labute approximate surface area is 132 Å². The smallest absolute Gasteiger partial charge is 0.338 e. The lowest BCUT2D eigenvalue weighted by molar-refractivity contribution is -0.124. The van der Waals surface area contributed by atoms with Gasteiger partial charge in [-0.05, 0) is 24.6 Å². The first-order valence-electron chi connectivity index (χ1n) is 6.91. The van der Waals surface area contributed by atoms with Gasteiger partial charge in [0, 0.05) is 18.2 Å². The molecule has 2 aromatic rings. The summed E-state index contributed by atoms with van der Waals surface area (Å²) in [6, 6.07) is 9.92. The maximum atomic E-state index is 13.4. The van der Waals surface area contributed by atoms with Gasteiger partial charge in [-0.25, -0.2) is 13.6 Å². The van der Waals surface area contributed by atoms with Gasteiger partial charge in [0.25, 0.3) is 5.91 Å². The van der Waals surface area contributed by atoms with Gasteiger partial charge < -0.3 is 10.1 Å². The normalized spacial score (nSPS) is 10.2. The van der Waals surface area contributed by atoms with Gasteiger partial charge in [-0.15, -0.1) is 0 Å². The van der Waals surface area contributed by atoms with Crippen LogP contribution in [0.3, 0.4) is 0 Å². The predicted molar refractivity (Wildman–Crippen MR) is 79.7 cm³/mol. The minimum absolute atomic E-state index is 0.118. The third-order valence-corrected chi connectivity index (χ3v) is 3.19. The number of aryl methyl sites for hydroxylation is 1. The first-order valence-corrected chi connectivity index (χ1v) is 6.91. The van der Waals surface area contributed by atoms with E-state index in [0.29, 0.717) is 5.56 Å². The van der Waals surface area contributed by atoms with E-state index in [9.17, 15) is 18.4 Å². The second-order valence-corrected chi connectivity index (χ2v) is 4.90. The highest BCUT2D eigenvalue weighted by Gasteiger charge is 2.12. The Morgan fingerprint density at radius 2 is 1.87 bits per heavy atom. The van der Waals surface area contributed by atoms with E-state index in [-0.39, 0.29) is 12.1 Å². The van der Waals surface area contributed by atoms with Crippen LogP contribution in [0.15, 0.2) is 42.5 Å². The summed E-state index contributed by atoms with van der Waals surface area (Å²) in [6.45, 7) is 1.16. The van der Waals surface area contributed by atoms with Crippen LogP contribution in [0.5, 0.6) is 0 Å². The third kappa shape index (κ3) is 4.60. The van der Waals surface area contributed by atoms with Crippen LogP contribution >= 0.6 is 0 Å². The quantitative estimate of drug-likeness (QED) is 0.862. The summed E-state index contributed by atoms with van der Waals surface area (Å²) in [4.78, 5) is 23.5. The van der Waals surface area contributed by atoms with Crippen LogP contribution in [-0.2, 0) is 16.1 Å². The van der Waals surface area contributed by atoms with Gasteiger partial charge in [-0.3, -0.25) is 4.79 Å². The van der Waals surface area contributed by atoms with E-state index in [4.69, 9.17) is 4.74 Å². The molecule has 6 heteroatoms. The van der Waals surface area contributed by atoms with Crippen LogP contribution in [0.25, 0.3) is 0 Å². The van der Waals surface area contributed by atoms with Gasteiger partial charge in [0.1, 0.15) is 11.6 Å². The molecular weight excluding hydrogens is 304 g/mol. The molecule has 0 aliphatic rings. The zero-order valence-corrected chi connectivity index (χ0v) is 12.4. The Morgan fingerprint density at radius 3 is 2.57 bits per heavy atom. The molecule has 0 bridgehead atoms. The molecule has 0 spiro atoms. The van der Waals surface area contributed by atoms with Crippen molar-refractivity contribution >= 4 is 11.9 Å². The lowest BCUT2D eigenvalue weighted by Crippen LogP contribution is -2.28. The van der Waals surface area contributed by atoms with Crippen molar-refractivity contribution in [2.24, 2.45) is 0 Å². The average Bonchev–Trinajstić information content (AvgIpc) is 2.52. The third-order valence-electron chi connectivity index (χ3n) is 3.19. The topological polar surface area (TPSA) is 55.4 Å². The first kappa shape index (κ1) is 16.6. The van der Waals surface area contributed by atoms with Crippen LogP contribution in [-0.4, -0.2) is 18.5 Å². The molecule has 0 aliphatic heterocycles. The number of carbonyl (C=O) groups excluding carboxylic acids is 2. The molecule has 0 fully saturated rings. The summed E-state index contributed by atoms with van der Waals surface area (Å²) in [5.41, 5.74) is 1.26. The maximum Gasteiger partial charge on any atom is 0.338 e. The SMILES string of the molecule is Cc1ccccc1C(=O)OCC(=O)NCc1ccc(F)cc1F. The fourth-order valence-corrected chi connectivity index (χ4v) is 1.92. The van der Waals surface area contributed by atoms with Gasteiger partial charge in [-0.2, -0.15) is 0 Å². The zero-order chi connectivity index (χ0) is 16.8. The molecular formula is C17H15F2NO3. The summed E-state index contributed by atoms with van der Waals surface area (Å²) in [6.07, 6.45) is 0. The first-order chi connectivity index (χ1) is 11.0. The number of halogens is 2. The fourth-order valence-electron chi connectivity index (χ4n) is 1.92. The molecule has 23 heavy (non-hydrogen) atoms. The Hall–Kier alpha value is -2.76. The van der Waals surface area contributed by atoms with Gasteiger partial charge in [-0.1, -0.05) is 24.3 Å². The van der Waals surface area contributed by atoms with Gasteiger partial charge in [0.15, 0.2) is 6.61 Å². The molecule has 2 aromatic carbocycles. The van der Waals surface area contributed by atoms with Crippen LogP contribution in [0.4, 0.5) is 8.78 Å². The molecule has 0 aromatic heterocycles. The van der Waals surface area contributed by atoms with Gasteiger partial charge in [0.2, 0.25) is 0 Å². The van der Waals surface area contributed by atoms with Crippen molar-refractivity contribution in [1.82, 2.24) is 5.32 Å². The molecule has 1 N–H and O–H groups in total. The number of nitrogens with one attached hydrogen (secondary N) is 1. The molecule has 0 saturated carbocycles. The van der Waals surface area contributed by atoms with Crippen LogP contribution < -0.4 is 5.32 Å². The second-order valence-electron chi connectivity index (χ2n) is 4.90. The Morgan fingerprint density at radius 1 is 1.13 bits per heavy atom. The number of ether oxygens (including phenoxy) is 1. The molecule has 120 valence electrons. The number of rotatable bonds is 5. The summed E-state index contributed by atoms with van der Waals surface area (Å²) >= 11 is 0. The molecule has 0 aliphatic carbocycles. The number of hydrogen-bond acceptors (Lipinski definition) is 3. The van der Waals surface area contributed by atoms with Gasteiger partial charge >= 0.3 is 5.97 Å². The van der Waals surface area contributed by atoms with Crippen LogP contribution in [0.1, 0.15) is 21.5 Å². The van der Waals surface area contributed by atoms with Crippen molar-refractivity contribution < 1.29 is 23.1 Å². The number of esters is 1. The molecule has 0 saturated heterocycles. The minimum atomic E-state index is -0.748. The number of amides is 1. The van der Waals surface area contributed by atoms with E-state index in [0.717, 1.165) is 17.7 Å². The van der Waals surface area contributed by atoms with Crippen molar-refractivity contribution in [2.45, 2.75) is 13.5 Å². The monoisotopic (exact) mass is 319 g/mol. The van der Waals surface area contributed by atoms with Crippen molar-refractivity contribution in [3.05, 3.63) is 70.8 Å². The minimum Gasteiger partial charge on any atom is -0.452 e. The average molecular weight is 319 g/mol. The number of benzene rings is 2. The largest absolute Gasteiger partial charge is 0.452 e. The lowest BCUT2D eigenvalue weighted by Gasteiger charge is -2.08. The number of carbonyl (C=O) groups is 2. The van der Waals surface area contributed by atoms with Crippen LogP contribution in [0, 0.1) is 18.6 Å². The zero-order valence-electron chi connectivity index (χ0n) is 12.4. The van der Waals surface area contributed by atoms with E-state index < -0.39 is 30.1 Å². The van der Waals surface area contributed by atoms with E-state index in [1.54, 1.807) is 31.2 Å². The van der Waals surface area contributed by atoms with E-state index in [1.807, 2.05) is 0 Å². The van der Waals surface area contributed by atoms with E-state index >= 15 is 0 Å². The highest BCUT2D eigenvalue weighted by atomic mass is 19.1. The summed E-state index contributed by atoms with van der Waals surface area (Å²) in [5, 5.41) is 2.40. The van der Waals surface area contributed by atoms with Gasteiger partial charge in [0.05, 0.1) is 5.56 Å². The van der Waals surface area contributed by atoms with Crippen molar-refractivity contribution in [3.63, 3.8) is 0 Å². The molecule has 2 rings (SSSR count). The van der Waals surface area contributed by atoms with Crippen molar-refractivity contribution in [2.75, 3.05) is 6.61 Å². The summed E-state index contributed by atoms with van der Waals surface area (Å²) < 4.78 is 31.1. The van der Waals surface area contributed by atoms with Crippen molar-refractivity contribution in [3.8, 4) is 0 Å². The van der Waals surface area contributed by atoms with Crippen molar-refractivity contribution in [1.29, 1.82) is 0 Å². The molecule has 0 radical (unpaired) electrons. The molecule has 4 nitrogen and oxygen atoms in total. The fraction of sp³-hybridized carbons (Fsp3) is 0.176. The number of hydrogen-bond donors (Lipinski definition) is 1. The highest BCUT2D eigenvalue weighted by molar-refractivity contribution is 5.92. The molecule has 0 heterocycles. The highest BCUT2D eigenvalue weighted by Crippen LogP contribution is 2.10. The summed E-state index contributed by atoms with van der Waals surface area (Å²) in [7, 11) is 0. The second kappa shape index (κ2) is 7.49.